The second kappa shape index (κ2) is 13.0. The van der Waals surface area contributed by atoms with Crippen molar-refractivity contribution >= 4 is 34.1 Å². The van der Waals surface area contributed by atoms with Gasteiger partial charge in [-0.25, -0.2) is 0 Å². The van der Waals surface area contributed by atoms with Crippen molar-refractivity contribution in [3.63, 3.8) is 0 Å². The third kappa shape index (κ3) is 8.46. The Morgan fingerprint density at radius 1 is 1.19 bits per heavy atom. The Hall–Kier alpha value is -3.41. The highest BCUT2D eigenvalue weighted by Gasteiger charge is 2.18. The number of nitrogens with one attached hydrogen (secondary N) is 1. The molecule has 2 aromatic carbocycles. The number of halogens is 2. The lowest BCUT2D eigenvalue weighted by atomic mass is 10.2. The number of carbonyl (C=O) groups excluding carboxylic acids is 1. The van der Waals surface area contributed by atoms with Crippen LogP contribution in [0.4, 0.5) is 20.2 Å². The van der Waals surface area contributed by atoms with Gasteiger partial charge in [0.2, 0.25) is 0 Å². The normalized spacial score (nSPS) is 11.1. The van der Waals surface area contributed by atoms with Crippen LogP contribution in [-0.4, -0.2) is 29.5 Å². The summed E-state index contributed by atoms with van der Waals surface area (Å²) < 4.78 is 28.7. The maximum absolute atomic E-state index is 12.7. The predicted molar refractivity (Wildman–Crippen MR) is 115 cm³/mol. The highest BCUT2D eigenvalue weighted by atomic mass is 32.2. The number of amides is 1. The third-order valence-corrected chi connectivity index (χ3v) is 4.24. The third-order valence-electron chi connectivity index (χ3n) is 3.29. The lowest BCUT2D eigenvalue weighted by Crippen LogP contribution is -2.13. The topological polar surface area (TPSA) is 119 Å². The molecule has 1 N–H and O–H groups in total. The van der Waals surface area contributed by atoms with Gasteiger partial charge in [-0.15, -0.1) is 5.10 Å². The fraction of sp³-hybridized carbons (Fsp3) is 0.263. The lowest BCUT2D eigenvalue weighted by Gasteiger charge is -2.10. The Balaban J connectivity index is 0.00000233. The molecule has 0 saturated heterocycles. The van der Waals surface area contributed by atoms with E-state index in [0.717, 1.165) is 17.8 Å². The molecule has 0 atom stereocenters. The molecule has 0 aliphatic rings. The quantitative estimate of drug-likeness (QED) is 0.138. The smallest absolute Gasteiger partial charge is 0.387 e. The van der Waals surface area contributed by atoms with Crippen molar-refractivity contribution in [2.45, 2.75) is 32.3 Å². The molecule has 0 aliphatic heterocycles. The van der Waals surface area contributed by atoms with Crippen LogP contribution in [0.2, 0.25) is 0 Å². The number of hydrogen-bond donors (Lipinski definition) is 1. The number of rotatable bonds is 7. The van der Waals surface area contributed by atoms with E-state index in [0.29, 0.717) is 15.6 Å². The summed E-state index contributed by atoms with van der Waals surface area (Å²) in [6, 6.07) is 9.10. The van der Waals surface area contributed by atoms with Gasteiger partial charge in [-0.05, 0) is 42.5 Å². The molecule has 0 bridgehead atoms. The highest BCUT2D eigenvalue weighted by molar-refractivity contribution is 8.14. The van der Waals surface area contributed by atoms with E-state index in [-0.39, 0.29) is 17.0 Å². The SMILES string of the molecule is CC.CN=N/N=C(\C)Sc1ccc([N+](=O)[O-])cc1C(=O)Nc1ccc(OC(F)F)cc1. The van der Waals surface area contributed by atoms with Crippen LogP contribution in [0.1, 0.15) is 31.1 Å². The first kappa shape index (κ1) is 25.6. The van der Waals surface area contributed by atoms with Gasteiger partial charge in [-0.3, -0.25) is 14.9 Å². The van der Waals surface area contributed by atoms with E-state index in [1.165, 1.54) is 43.4 Å². The fourth-order valence-corrected chi connectivity index (χ4v) is 2.90. The van der Waals surface area contributed by atoms with E-state index in [9.17, 15) is 23.7 Å². The Morgan fingerprint density at radius 3 is 2.39 bits per heavy atom. The van der Waals surface area contributed by atoms with Crippen molar-refractivity contribution in [3.05, 3.63) is 58.1 Å². The molecule has 0 aliphatic carbocycles. The highest BCUT2D eigenvalue weighted by Crippen LogP contribution is 2.29. The van der Waals surface area contributed by atoms with Crippen LogP contribution in [0.25, 0.3) is 0 Å². The summed E-state index contributed by atoms with van der Waals surface area (Å²) in [5, 5.41) is 24.9. The number of ether oxygens (including phenoxy) is 1. The molecule has 0 spiro atoms. The van der Waals surface area contributed by atoms with E-state index in [1.54, 1.807) is 6.92 Å². The lowest BCUT2D eigenvalue weighted by molar-refractivity contribution is -0.384. The van der Waals surface area contributed by atoms with Gasteiger partial charge in [0.25, 0.3) is 11.6 Å². The van der Waals surface area contributed by atoms with Gasteiger partial charge in [0.05, 0.1) is 22.6 Å². The molecule has 166 valence electrons. The summed E-state index contributed by atoms with van der Waals surface area (Å²) in [7, 11) is 1.45. The number of nitrogens with zero attached hydrogens (tertiary/aromatic N) is 4. The van der Waals surface area contributed by atoms with E-state index in [4.69, 9.17) is 0 Å². The van der Waals surface area contributed by atoms with E-state index >= 15 is 0 Å². The molecule has 0 radical (unpaired) electrons. The first-order valence-electron chi connectivity index (χ1n) is 8.96. The van der Waals surface area contributed by atoms with Gasteiger partial charge in [-0.2, -0.15) is 13.9 Å². The number of thioether (sulfide) groups is 1. The molecule has 0 heterocycles. The average Bonchev–Trinajstić information content (AvgIpc) is 2.74. The number of non-ortho nitro benzene ring substituents is 1. The molecule has 2 rings (SSSR count). The molecular weight excluding hydrogens is 432 g/mol. The zero-order chi connectivity index (χ0) is 23.4. The Kier molecular flexibility index (Phi) is 10.8. The number of nitro benzene ring substituents is 1. The summed E-state index contributed by atoms with van der Waals surface area (Å²) in [6.07, 6.45) is 0. The Bertz CT molecular complexity index is 953. The van der Waals surface area contributed by atoms with Crippen molar-refractivity contribution in [1.82, 2.24) is 0 Å². The van der Waals surface area contributed by atoms with Crippen LogP contribution in [-0.2, 0) is 0 Å². The van der Waals surface area contributed by atoms with Crippen LogP contribution in [0, 0.1) is 10.1 Å². The van der Waals surface area contributed by atoms with Gasteiger partial charge in [0.15, 0.2) is 0 Å². The van der Waals surface area contributed by atoms with E-state index < -0.39 is 17.4 Å². The zero-order valence-electron chi connectivity index (χ0n) is 17.2. The van der Waals surface area contributed by atoms with Crippen LogP contribution < -0.4 is 10.1 Å². The summed E-state index contributed by atoms with van der Waals surface area (Å²) in [4.78, 5) is 23.6. The first-order chi connectivity index (χ1) is 14.8. The molecule has 12 heteroatoms. The monoisotopic (exact) mass is 453 g/mol. The van der Waals surface area contributed by atoms with Gasteiger partial charge >= 0.3 is 6.61 Å². The predicted octanol–water partition coefficient (Wildman–Crippen LogP) is 5.98. The number of benzene rings is 2. The first-order valence-corrected chi connectivity index (χ1v) is 9.77. The van der Waals surface area contributed by atoms with Gasteiger partial charge < -0.3 is 10.1 Å². The number of nitro groups is 1. The maximum Gasteiger partial charge on any atom is 0.387 e. The summed E-state index contributed by atoms with van der Waals surface area (Å²) in [6.45, 7) is 2.68. The average molecular weight is 453 g/mol. The molecule has 9 nitrogen and oxygen atoms in total. The molecule has 2 aromatic rings. The van der Waals surface area contributed by atoms with Crippen molar-refractivity contribution in [1.29, 1.82) is 0 Å². The minimum atomic E-state index is -2.96. The molecule has 31 heavy (non-hydrogen) atoms. The van der Waals surface area contributed by atoms with Gasteiger partial charge in [-0.1, -0.05) is 25.6 Å². The zero-order valence-corrected chi connectivity index (χ0v) is 18.0. The van der Waals surface area contributed by atoms with Crippen LogP contribution >= 0.6 is 11.8 Å². The second-order valence-electron chi connectivity index (χ2n) is 5.31. The fourth-order valence-electron chi connectivity index (χ4n) is 2.10. The van der Waals surface area contributed by atoms with Crippen molar-refractivity contribution in [3.8, 4) is 5.75 Å². The number of alkyl halides is 2. The molecule has 1 amide bonds. The maximum atomic E-state index is 12.7. The van der Waals surface area contributed by atoms with Crippen LogP contribution in [0.3, 0.4) is 0 Å². The molecular formula is C19H21F2N5O4S. The second-order valence-corrected chi connectivity index (χ2v) is 6.54. The Morgan fingerprint density at radius 2 is 1.84 bits per heavy atom. The molecule has 0 fully saturated rings. The van der Waals surface area contributed by atoms with Crippen LogP contribution in [0.15, 0.2) is 62.8 Å². The van der Waals surface area contributed by atoms with Gasteiger partial charge in [0, 0.05) is 22.7 Å². The summed E-state index contributed by atoms with van der Waals surface area (Å²) >= 11 is 1.09. The van der Waals surface area contributed by atoms with Crippen LogP contribution in [0.5, 0.6) is 5.75 Å². The Labute approximate surface area is 181 Å². The van der Waals surface area contributed by atoms with Gasteiger partial charge in [0.1, 0.15) is 5.75 Å². The van der Waals surface area contributed by atoms with Crippen molar-refractivity contribution < 1.29 is 23.2 Å². The molecule has 0 aromatic heterocycles. The molecule has 0 unspecified atom stereocenters. The number of hydrogen-bond acceptors (Lipinski definition) is 7. The summed E-state index contributed by atoms with van der Waals surface area (Å²) in [5.74, 6) is -0.690. The molecule has 0 saturated carbocycles. The minimum Gasteiger partial charge on any atom is -0.435 e. The largest absolute Gasteiger partial charge is 0.435 e. The minimum absolute atomic E-state index is 0.0418. The van der Waals surface area contributed by atoms with E-state index in [1.807, 2.05) is 13.8 Å². The van der Waals surface area contributed by atoms with Crippen molar-refractivity contribution in [2.75, 3.05) is 12.4 Å². The van der Waals surface area contributed by atoms with E-state index in [2.05, 4.69) is 25.5 Å². The van der Waals surface area contributed by atoms with Crippen molar-refractivity contribution in [2.24, 2.45) is 15.4 Å². The standard InChI is InChI=1S/C17H15F2N5O4S.C2H6/c1-10(22-23-20-2)29-15-8-5-12(24(26)27)9-14(15)16(25)21-11-3-6-13(7-4-11)28-17(18)19;1-2/h3-9,17H,1-2H3,(H,21,25);1-2H3/b22-10+,23-20?;. The summed E-state index contributed by atoms with van der Waals surface area (Å²) in [5.41, 5.74) is 0.0763. The number of anilines is 1. The number of carbonyl (C=O) groups is 1.